The zero-order valence-corrected chi connectivity index (χ0v) is 6.81. The van der Waals surface area contributed by atoms with Gasteiger partial charge in [0.15, 0.2) is 0 Å². The van der Waals surface area contributed by atoms with Crippen molar-refractivity contribution >= 4 is 11.2 Å². The van der Waals surface area contributed by atoms with Crippen LogP contribution < -0.4 is 5.73 Å². The molecule has 68 valence electrons. The lowest BCUT2D eigenvalue weighted by molar-refractivity contribution is 0.268. The van der Waals surface area contributed by atoms with Gasteiger partial charge in [0.2, 0.25) is 5.65 Å². The second-order valence-electron chi connectivity index (χ2n) is 2.72. The molecule has 2 aromatic rings. The predicted molar refractivity (Wildman–Crippen MR) is 45.7 cm³/mol. The van der Waals surface area contributed by atoms with E-state index in [0.717, 1.165) is 5.56 Å². The molecule has 2 aromatic heterocycles. The van der Waals surface area contributed by atoms with E-state index in [1.165, 1.54) is 0 Å². The van der Waals surface area contributed by atoms with Gasteiger partial charge in [-0.2, -0.15) is 10.3 Å². The second kappa shape index (κ2) is 3.08. The Kier molecular flexibility index (Phi) is 1.91. The van der Waals surface area contributed by atoms with Crippen molar-refractivity contribution in [1.29, 1.82) is 0 Å². The Morgan fingerprint density at radius 2 is 2.38 bits per heavy atom. The largest absolute Gasteiger partial charge is 0.394 e. The lowest BCUT2D eigenvalue weighted by atomic mass is 10.1. The van der Waals surface area contributed by atoms with Gasteiger partial charge in [-0.15, -0.1) is 5.10 Å². The van der Waals surface area contributed by atoms with Crippen molar-refractivity contribution in [1.82, 2.24) is 20.4 Å². The van der Waals surface area contributed by atoms with Crippen LogP contribution in [0.2, 0.25) is 0 Å². The first-order chi connectivity index (χ1) is 6.31. The lowest BCUT2D eigenvalue weighted by Gasteiger charge is -2.06. The fourth-order valence-electron chi connectivity index (χ4n) is 1.06. The fraction of sp³-hybridized carbons (Fsp3) is 0.286. The maximum Gasteiger partial charge on any atom is 0.201 e. The number of aromatic amines is 1. The van der Waals surface area contributed by atoms with E-state index in [2.05, 4.69) is 20.4 Å². The van der Waals surface area contributed by atoms with Crippen molar-refractivity contribution in [2.75, 3.05) is 6.61 Å². The summed E-state index contributed by atoms with van der Waals surface area (Å²) < 4.78 is 0. The zero-order valence-electron chi connectivity index (χ0n) is 6.81. The standard InChI is InChI=1S/C7H9N5O/c8-5(3-13)4-1-6-7(9-2-4)11-12-10-6/h1-2,5,13H,3,8H2,(H,9,10,11,12)/t5-/m1/s1. The molecule has 0 aliphatic rings. The maximum atomic E-state index is 8.81. The number of hydrogen-bond acceptors (Lipinski definition) is 5. The third-order valence-electron chi connectivity index (χ3n) is 1.82. The Bertz CT molecular complexity index is 412. The molecule has 0 unspecified atom stereocenters. The van der Waals surface area contributed by atoms with E-state index in [4.69, 9.17) is 10.8 Å². The number of nitrogens with one attached hydrogen (secondary N) is 1. The molecule has 0 saturated heterocycles. The van der Waals surface area contributed by atoms with E-state index in [1.807, 2.05) is 0 Å². The molecule has 4 N–H and O–H groups in total. The molecule has 0 aliphatic heterocycles. The minimum atomic E-state index is -0.409. The molecule has 0 spiro atoms. The molecule has 0 fully saturated rings. The highest BCUT2D eigenvalue weighted by Gasteiger charge is 2.07. The van der Waals surface area contributed by atoms with Crippen LogP contribution in [0.25, 0.3) is 11.2 Å². The molecule has 0 bridgehead atoms. The van der Waals surface area contributed by atoms with Crippen molar-refractivity contribution in [3.8, 4) is 0 Å². The molecule has 0 saturated carbocycles. The number of aliphatic hydroxyl groups excluding tert-OH is 1. The normalized spacial score (nSPS) is 13.4. The number of fused-ring (bicyclic) bond motifs is 1. The third kappa shape index (κ3) is 1.36. The third-order valence-corrected chi connectivity index (χ3v) is 1.82. The predicted octanol–water partition coefficient (Wildman–Crippen LogP) is -0.655. The summed E-state index contributed by atoms with van der Waals surface area (Å²) in [6, 6.07) is 1.35. The van der Waals surface area contributed by atoms with Crippen LogP contribution in [-0.4, -0.2) is 32.1 Å². The summed E-state index contributed by atoms with van der Waals surface area (Å²) in [6.07, 6.45) is 1.59. The van der Waals surface area contributed by atoms with E-state index in [-0.39, 0.29) is 6.61 Å². The van der Waals surface area contributed by atoms with Gasteiger partial charge in [0.1, 0.15) is 5.52 Å². The van der Waals surface area contributed by atoms with Gasteiger partial charge < -0.3 is 10.8 Å². The van der Waals surface area contributed by atoms with Crippen LogP contribution in [-0.2, 0) is 0 Å². The van der Waals surface area contributed by atoms with Crippen molar-refractivity contribution in [3.63, 3.8) is 0 Å². The van der Waals surface area contributed by atoms with Crippen LogP contribution in [0.15, 0.2) is 12.3 Å². The van der Waals surface area contributed by atoms with Gasteiger partial charge in [0.05, 0.1) is 12.6 Å². The highest BCUT2D eigenvalue weighted by Crippen LogP contribution is 2.12. The van der Waals surface area contributed by atoms with Crippen LogP contribution in [0.1, 0.15) is 11.6 Å². The first kappa shape index (κ1) is 8.09. The molecule has 6 heteroatoms. The first-order valence-corrected chi connectivity index (χ1v) is 3.84. The summed E-state index contributed by atoms with van der Waals surface area (Å²) in [5.41, 5.74) is 7.56. The molecule has 0 aromatic carbocycles. The topological polar surface area (TPSA) is 101 Å². The van der Waals surface area contributed by atoms with E-state index in [0.29, 0.717) is 11.2 Å². The average Bonchev–Trinajstić information content (AvgIpc) is 2.63. The Morgan fingerprint density at radius 3 is 3.15 bits per heavy atom. The molecule has 0 radical (unpaired) electrons. The van der Waals surface area contributed by atoms with E-state index >= 15 is 0 Å². The summed E-state index contributed by atoms with van der Waals surface area (Å²) in [4.78, 5) is 4.01. The summed E-state index contributed by atoms with van der Waals surface area (Å²) in [7, 11) is 0. The minimum Gasteiger partial charge on any atom is -0.394 e. The van der Waals surface area contributed by atoms with Gasteiger partial charge >= 0.3 is 0 Å². The van der Waals surface area contributed by atoms with Crippen molar-refractivity contribution in [2.24, 2.45) is 5.73 Å². The number of aromatic nitrogens is 4. The smallest absolute Gasteiger partial charge is 0.201 e. The average molecular weight is 179 g/mol. The van der Waals surface area contributed by atoms with Crippen LogP contribution in [0.3, 0.4) is 0 Å². The lowest BCUT2D eigenvalue weighted by Crippen LogP contribution is -2.14. The first-order valence-electron chi connectivity index (χ1n) is 3.84. The summed E-state index contributed by atoms with van der Waals surface area (Å²) in [6.45, 7) is -0.106. The highest BCUT2D eigenvalue weighted by atomic mass is 16.3. The zero-order chi connectivity index (χ0) is 9.26. The highest BCUT2D eigenvalue weighted by molar-refractivity contribution is 5.69. The van der Waals surface area contributed by atoms with Crippen molar-refractivity contribution in [2.45, 2.75) is 6.04 Å². The van der Waals surface area contributed by atoms with Gasteiger partial charge in [-0.1, -0.05) is 0 Å². The van der Waals surface area contributed by atoms with Gasteiger partial charge in [-0.25, -0.2) is 4.98 Å². The van der Waals surface area contributed by atoms with Crippen LogP contribution in [0.5, 0.6) is 0 Å². The Labute approximate surface area is 73.8 Å². The Balaban J connectivity index is 2.48. The van der Waals surface area contributed by atoms with Gasteiger partial charge in [0.25, 0.3) is 0 Å². The molecule has 1 atom stereocenters. The molecule has 2 heterocycles. The number of nitrogens with zero attached hydrogens (tertiary/aromatic N) is 3. The number of nitrogens with two attached hydrogens (primary N) is 1. The van der Waals surface area contributed by atoms with Crippen molar-refractivity contribution < 1.29 is 5.11 Å². The molecular formula is C7H9N5O. The quantitative estimate of drug-likeness (QED) is 0.568. The molecule has 13 heavy (non-hydrogen) atoms. The number of H-pyrrole nitrogens is 1. The van der Waals surface area contributed by atoms with Crippen LogP contribution >= 0.6 is 0 Å². The van der Waals surface area contributed by atoms with Gasteiger partial charge in [0, 0.05) is 6.20 Å². The molecule has 2 rings (SSSR count). The maximum absolute atomic E-state index is 8.81. The number of rotatable bonds is 2. The second-order valence-corrected chi connectivity index (χ2v) is 2.72. The van der Waals surface area contributed by atoms with Crippen molar-refractivity contribution in [3.05, 3.63) is 17.8 Å². The van der Waals surface area contributed by atoms with E-state index < -0.39 is 6.04 Å². The van der Waals surface area contributed by atoms with Crippen LogP contribution in [0, 0.1) is 0 Å². The Hall–Kier alpha value is -1.53. The van der Waals surface area contributed by atoms with E-state index in [9.17, 15) is 0 Å². The monoisotopic (exact) mass is 179 g/mol. The molecular weight excluding hydrogens is 170 g/mol. The van der Waals surface area contributed by atoms with Gasteiger partial charge in [-0.05, 0) is 11.6 Å². The number of hydrogen-bond donors (Lipinski definition) is 3. The molecule has 0 amide bonds. The summed E-state index contributed by atoms with van der Waals surface area (Å²) >= 11 is 0. The minimum absolute atomic E-state index is 0.106. The summed E-state index contributed by atoms with van der Waals surface area (Å²) in [5, 5.41) is 18.9. The number of pyridine rings is 1. The fourth-order valence-corrected chi connectivity index (χ4v) is 1.06. The molecule has 6 nitrogen and oxygen atoms in total. The summed E-state index contributed by atoms with van der Waals surface area (Å²) in [5.74, 6) is 0. The van der Waals surface area contributed by atoms with Crippen LogP contribution in [0.4, 0.5) is 0 Å². The SMILES string of the molecule is N[C@H](CO)c1cnc2n[nH]nc2c1. The number of aliphatic hydroxyl groups is 1. The molecule has 0 aliphatic carbocycles. The van der Waals surface area contributed by atoms with E-state index in [1.54, 1.807) is 12.3 Å². The van der Waals surface area contributed by atoms with Gasteiger partial charge in [-0.3, -0.25) is 0 Å². The Morgan fingerprint density at radius 1 is 1.54 bits per heavy atom.